The lowest BCUT2D eigenvalue weighted by Crippen LogP contribution is -2.39. The maximum atomic E-state index is 5.78. The van der Waals surface area contributed by atoms with Gasteiger partial charge in [-0.3, -0.25) is 0 Å². The molecule has 0 aliphatic rings. The van der Waals surface area contributed by atoms with Crippen molar-refractivity contribution in [2.75, 3.05) is 19.7 Å². The van der Waals surface area contributed by atoms with Crippen LogP contribution in [0.25, 0.3) is 0 Å². The molecule has 1 heterocycles. The van der Waals surface area contributed by atoms with Crippen LogP contribution in [0.2, 0.25) is 0 Å². The Labute approximate surface area is 145 Å². The second kappa shape index (κ2) is 10.6. The average molecular weight is 341 g/mol. The van der Waals surface area contributed by atoms with E-state index in [0.717, 1.165) is 42.8 Å². The summed E-state index contributed by atoms with van der Waals surface area (Å²) >= 11 is 1.72. The molecule has 0 fully saturated rings. The van der Waals surface area contributed by atoms with Gasteiger partial charge in [-0.2, -0.15) is 0 Å². The van der Waals surface area contributed by atoms with E-state index < -0.39 is 0 Å². The van der Waals surface area contributed by atoms with Crippen molar-refractivity contribution in [3.05, 3.63) is 15.6 Å². The molecule has 0 aliphatic carbocycles. The first-order chi connectivity index (χ1) is 11.0. The van der Waals surface area contributed by atoms with Crippen molar-refractivity contribution in [1.82, 2.24) is 15.6 Å². The maximum absolute atomic E-state index is 5.78. The molecule has 0 radical (unpaired) electrons. The lowest BCUT2D eigenvalue weighted by Gasteiger charge is -2.21. The summed E-state index contributed by atoms with van der Waals surface area (Å²) in [5.41, 5.74) is 1.11. The largest absolute Gasteiger partial charge is 0.378 e. The van der Waals surface area contributed by atoms with Crippen LogP contribution in [-0.4, -0.2) is 36.7 Å². The predicted molar refractivity (Wildman–Crippen MR) is 99.3 cm³/mol. The van der Waals surface area contributed by atoms with Gasteiger partial charge in [0, 0.05) is 24.6 Å². The summed E-state index contributed by atoms with van der Waals surface area (Å²) < 4.78 is 5.78. The molecule has 132 valence electrons. The molecule has 0 amide bonds. The third-order valence-corrected chi connectivity index (χ3v) is 4.69. The molecule has 1 rings (SSSR count). The Balaban J connectivity index is 2.51. The second-order valence-electron chi connectivity index (χ2n) is 5.90. The fourth-order valence-electron chi connectivity index (χ4n) is 2.25. The fraction of sp³-hybridized carbons (Fsp3) is 0.765. The van der Waals surface area contributed by atoms with Crippen molar-refractivity contribution in [1.29, 1.82) is 0 Å². The van der Waals surface area contributed by atoms with Gasteiger partial charge in [0.25, 0.3) is 0 Å². The summed E-state index contributed by atoms with van der Waals surface area (Å²) in [5.74, 6) is 1.37. The topological polar surface area (TPSA) is 58.5 Å². The van der Waals surface area contributed by atoms with Crippen LogP contribution in [-0.2, 0) is 11.3 Å². The molecule has 0 saturated carbocycles. The van der Waals surface area contributed by atoms with Crippen molar-refractivity contribution >= 4 is 17.3 Å². The Kier molecular flexibility index (Phi) is 9.17. The molecule has 23 heavy (non-hydrogen) atoms. The van der Waals surface area contributed by atoms with Gasteiger partial charge in [-0.25, -0.2) is 9.98 Å². The molecule has 1 unspecified atom stereocenters. The standard InChI is InChI=1S/C17H32N4OS/c1-7-18-17(19-10-9-15(12(3)4)22-8-2)20-11-16-21-13(5)14(6)23-16/h12,15H,7-11H2,1-6H3,(H2,18,19,20). The van der Waals surface area contributed by atoms with E-state index in [1.165, 1.54) is 4.88 Å². The highest BCUT2D eigenvalue weighted by Gasteiger charge is 2.13. The van der Waals surface area contributed by atoms with E-state index >= 15 is 0 Å². The zero-order valence-corrected chi connectivity index (χ0v) is 16.2. The second-order valence-corrected chi connectivity index (χ2v) is 7.19. The highest BCUT2D eigenvalue weighted by molar-refractivity contribution is 7.11. The minimum Gasteiger partial charge on any atom is -0.378 e. The van der Waals surface area contributed by atoms with Crippen molar-refractivity contribution in [2.45, 2.75) is 60.6 Å². The Morgan fingerprint density at radius 2 is 2.00 bits per heavy atom. The molecule has 0 spiro atoms. The molecular weight excluding hydrogens is 308 g/mol. The quantitative estimate of drug-likeness (QED) is 0.535. The summed E-state index contributed by atoms with van der Waals surface area (Å²) in [6, 6.07) is 0. The van der Waals surface area contributed by atoms with Gasteiger partial charge in [0.1, 0.15) is 5.01 Å². The summed E-state index contributed by atoms with van der Waals surface area (Å²) in [4.78, 5) is 10.4. The highest BCUT2D eigenvalue weighted by atomic mass is 32.1. The number of ether oxygens (including phenoxy) is 1. The average Bonchev–Trinajstić information content (AvgIpc) is 2.82. The van der Waals surface area contributed by atoms with Crippen LogP contribution in [0.15, 0.2) is 4.99 Å². The van der Waals surface area contributed by atoms with Gasteiger partial charge in [0.2, 0.25) is 0 Å². The smallest absolute Gasteiger partial charge is 0.191 e. The van der Waals surface area contributed by atoms with Gasteiger partial charge in [0.15, 0.2) is 5.96 Å². The first-order valence-corrected chi connectivity index (χ1v) is 9.36. The van der Waals surface area contributed by atoms with Gasteiger partial charge in [-0.05, 0) is 40.0 Å². The van der Waals surface area contributed by atoms with E-state index in [1.807, 2.05) is 13.8 Å². The molecule has 0 aromatic carbocycles. The van der Waals surface area contributed by atoms with E-state index in [2.05, 4.69) is 48.3 Å². The number of rotatable bonds is 9. The van der Waals surface area contributed by atoms with Crippen LogP contribution >= 0.6 is 11.3 Å². The minimum absolute atomic E-state index is 0.291. The van der Waals surface area contributed by atoms with Gasteiger partial charge in [-0.15, -0.1) is 11.3 Å². The Hall–Kier alpha value is -1.14. The van der Waals surface area contributed by atoms with Gasteiger partial charge < -0.3 is 15.4 Å². The van der Waals surface area contributed by atoms with E-state index in [4.69, 9.17) is 4.74 Å². The van der Waals surface area contributed by atoms with Crippen LogP contribution in [0.4, 0.5) is 0 Å². The van der Waals surface area contributed by atoms with E-state index in [-0.39, 0.29) is 0 Å². The van der Waals surface area contributed by atoms with Crippen molar-refractivity contribution in [3.8, 4) is 0 Å². The Morgan fingerprint density at radius 3 is 2.52 bits per heavy atom. The van der Waals surface area contributed by atoms with E-state index in [0.29, 0.717) is 18.6 Å². The van der Waals surface area contributed by atoms with Crippen LogP contribution in [0.1, 0.15) is 49.7 Å². The molecule has 5 nitrogen and oxygen atoms in total. The predicted octanol–water partition coefficient (Wildman–Crippen LogP) is 3.27. The zero-order chi connectivity index (χ0) is 17.2. The number of thiazole rings is 1. The molecule has 0 aliphatic heterocycles. The molecular formula is C17H32N4OS. The van der Waals surface area contributed by atoms with E-state index in [9.17, 15) is 0 Å². The Bertz CT molecular complexity index is 465. The SMILES string of the molecule is CCNC(=NCc1nc(C)c(C)s1)NCCC(OCC)C(C)C. The first-order valence-electron chi connectivity index (χ1n) is 8.54. The first kappa shape index (κ1) is 19.9. The third-order valence-electron chi connectivity index (χ3n) is 3.64. The normalized spacial score (nSPS) is 13.4. The summed E-state index contributed by atoms with van der Waals surface area (Å²) in [6.07, 6.45) is 1.27. The van der Waals surface area contributed by atoms with Gasteiger partial charge in [0.05, 0.1) is 18.3 Å². The number of hydrogen-bond acceptors (Lipinski definition) is 4. The number of aryl methyl sites for hydroxylation is 2. The molecule has 0 saturated heterocycles. The zero-order valence-electron chi connectivity index (χ0n) is 15.4. The minimum atomic E-state index is 0.291. The molecule has 1 atom stereocenters. The van der Waals surface area contributed by atoms with Crippen LogP contribution in [0.5, 0.6) is 0 Å². The Morgan fingerprint density at radius 1 is 1.26 bits per heavy atom. The van der Waals surface area contributed by atoms with Gasteiger partial charge >= 0.3 is 0 Å². The number of guanidine groups is 1. The number of aliphatic imine (C=N–C) groups is 1. The molecule has 6 heteroatoms. The molecule has 1 aromatic rings. The van der Waals surface area contributed by atoms with Crippen molar-refractivity contribution < 1.29 is 4.74 Å². The van der Waals surface area contributed by atoms with Crippen molar-refractivity contribution in [2.24, 2.45) is 10.9 Å². The highest BCUT2D eigenvalue weighted by Crippen LogP contribution is 2.17. The third kappa shape index (κ3) is 7.31. The summed E-state index contributed by atoms with van der Waals surface area (Å²) in [5, 5.41) is 7.74. The van der Waals surface area contributed by atoms with Crippen molar-refractivity contribution in [3.63, 3.8) is 0 Å². The van der Waals surface area contributed by atoms with Crippen LogP contribution in [0, 0.1) is 19.8 Å². The number of aromatic nitrogens is 1. The molecule has 2 N–H and O–H groups in total. The number of nitrogens with one attached hydrogen (secondary N) is 2. The van der Waals surface area contributed by atoms with Crippen LogP contribution in [0.3, 0.4) is 0 Å². The number of hydrogen-bond donors (Lipinski definition) is 2. The maximum Gasteiger partial charge on any atom is 0.191 e. The fourth-order valence-corrected chi connectivity index (χ4v) is 3.11. The molecule has 1 aromatic heterocycles. The summed E-state index contributed by atoms with van der Waals surface area (Å²) in [7, 11) is 0. The monoisotopic (exact) mass is 340 g/mol. The molecule has 0 bridgehead atoms. The summed E-state index contributed by atoms with van der Waals surface area (Å²) in [6.45, 7) is 15.8. The lowest BCUT2D eigenvalue weighted by atomic mass is 10.0. The van der Waals surface area contributed by atoms with Crippen LogP contribution < -0.4 is 10.6 Å². The van der Waals surface area contributed by atoms with Gasteiger partial charge in [-0.1, -0.05) is 13.8 Å². The van der Waals surface area contributed by atoms with E-state index in [1.54, 1.807) is 11.3 Å². The number of nitrogens with zero attached hydrogens (tertiary/aromatic N) is 2. The lowest BCUT2D eigenvalue weighted by molar-refractivity contribution is 0.0258.